The molecule has 0 amide bonds. The molecule has 0 atom stereocenters. The van der Waals surface area contributed by atoms with E-state index in [9.17, 15) is 4.79 Å². The van der Waals surface area contributed by atoms with Crippen LogP contribution in [0, 0.1) is 6.92 Å². The first-order chi connectivity index (χ1) is 7.19. The van der Waals surface area contributed by atoms with Gasteiger partial charge in [-0.2, -0.15) is 5.10 Å². The summed E-state index contributed by atoms with van der Waals surface area (Å²) in [5.74, 6) is -0.272. The Labute approximate surface area is 90.2 Å². The summed E-state index contributed by atoms with van der Waals surface area (Å²) in [5.41, 5.74) is 1.39. The summed E-state index contributed by atoms with van der Waals surface area (Å²) in [6, 6.07) is 1.76. The Kier molecular flexibility index (Phi) is 4.34. The maximum absolute atomic E-state index is 11.6. The molecule has 0 bridgehead atoms. The van der Waals surface area contributed by atoms with Crippen molar-refractivity contribution in [1.82, 2.24) is 9.78 Å². The van der Waals surface area contributed by atoms with Crippen LogP contribution in [-0.4, -0.2) is 22.4 Å². The second-order valence-electron chi connectivity index (χ2n) is 3.48. The fourth-order valence-corrected chi connectivity index (χ4v) is 1.33. The molecule has 0 spiro atoms. The highest BCUT2D eigenvalue weighted by molar-refractivity contribution is 5.87. The van der Waals surface area contributed by atoms with Crippen molar-refractivity contribution in [3.05, 3.63) is 17.5 Å². The average molecular weight is 210 g/mol. The third-order valence-electron chi connectivity index (χ3n) is 2.14. The highest BCUT2D eigenvalue weighted by Crippen LogP contribution is 2.06. The summed E-state index contributed by atoms with van der Waals surface area (Å²) in [7, 11) is 0. The first-order valence-electron chi connectivity index (χ1n) is 5.40. The molecule has 0 fully saturated rings. The molecule has 0 saturated carbocycles. The number of ether oxygens (including phenoxy) is 1. The molecule has 4 nitrogen and oxygen atoms in total. The van der Waals surface area contributed by atoms with E-state index >= 15 is 0 Å². The number of hydrogen-bond acceptors (Lipinski definition) is 3. The lowest BCUT2D eigenvalue weighted by atomic mass is 10.3. The molecule has 0 aliphatic heterocycles. The highest BCUT2D eigenvalue weighted by Gasteiger charge is 2.13. The van der Waals surface area contributed by atoms with Crippen LogP contribution in [0.15, 0.2) is 6.07 Å². The fourth-order valence-electron chi connectivity index (χ4n) is 1.33. The van der Waals surface area contributed by atoms with Crippen LogP contribution in [0.25, 0.3) is 0 Å². The van der Waals surface area contributed by atoms with Crippen LogP contribution in [0.1, 0.15) is 42.9 Å². The standard InChI is InChI=1S/C11H18N2O2/c1-4-6-7-15-11(14)10-8-9(3)12-13(10)5-2/h8H,4-7H2,1-3H3. The SMILES string of the molecule is CCCCOC(=O)c1cc(C)nn1CC. The molecule has 84 valence electrons. The van der Waals surface area contributed by atoms with Crippen molar-refractivity contribution in [2.45, 2.75) is 40.2 Å². The third-order valence-corrected chi connectivity index (χ3v) is 2.14. The number of rotatable bonds is 5. The lowest BCUT2D eigenvalue weighted by Crippen LogP contribution is -2.13. The van der Waals surface area contributed by atoms with Crippen LogP contribution in [-0.2, 0) is 11.3 Å². The zero-order valence-corrected chi connectivity index (χ0v) is 9.62. The van der Waals surface area contributed by atoms with E-state index in [-0.39, 0.29) is 5.97 Å². The van der Waals surface area contributed by atoms with E-state index in [4.69, 9.17) is 4.74 Å². The molecular weight excluding hydrogens is 192 g/mol. The maximum Gasteiger partial charge on any atom is 0.356 e. The molecule has 4 heteroatoms. The van der Waals surface area contributed by atoms with E-state index in [1.54, 1.807) is 10.7 Å². The van der Waals surface area contributed by atoms with E-state index in [1.165, 1.54) is 0 Å². The summed E-state index contributed by atoms with van der Waals surface area (Å²) in [5, 5.41) is 4.19. The van der Waals surface area contributed by atoms with Gasteiger partial charge in [0.15, 0.2) is 0 Å². The van der Waals surface area contributed by atoms with Gasteiger partial charge < -0.3 is 4.74 Å². The molecule has 1 rings (SSSR count). The Morgan fingerprint density at radius 3 is 2.87 bits per heavy atom. The van der Waals surface area contributed by atoms with E-state index in [1.807, 2.05) is 13.8 Å². The van der Waals surface area contributed by atoms with Gasteiger partial charge in [-0.15, -0.1) is 0 Å². The normalized spacial score (nSPS) is 10.3. The van der Waals surface area contributed by atoms with Crippen LogP contribution in [0.2, 0.25) is 0 Å². The van der Waals surface area contributed by atoms with Crippen molar-refractivity contribution < 1.29 is 9.53 Å². The number of unbranched alkanes of at least 4 members (excludes halogenated alkanes) is 1. The molecule has 0 saturated heterocycles. The molecule has 0 aromatic carbocycles. The number of nitrogens with zero attached hydrogens (tertiary/aromatic N) is 2. The molecular formula is C11H18N2O2. The predicted octanol–water partition coefficient (Wildman–Crippen LogP) is 2.17. The molecule has 1 aromatic rings. The van der Waals surface area contributed by atoms with Crippen LogP contribution < -0.4 is 0 Å². The van der Waals surface area contributed by atoms with Gasteiger partial charge in [0.05, 0.1) is 12.3 Å². The third kappa shape index (κ3) is 3.08. The number of esters is 1. The van der Waals surface area contributed by atoms with Crippen molar-refractivity contribution in [2.75, 3.05) is 6.61 Å². The number of hydrogen-bond donors (Lipinski definition) is 0. The topological polar surface area (TPSA) is 44.1 Å². The van der Waals surface area contributed by atoms with Gasteiger partial charge >= 0.3 is 5.97 Å². The molecule has 1 aromatic heterocycles. The van der Waals surface area contributed by atoms with Gasteiger partial charge in [0.1, 0.15) is 5.69 Å². The Hall–Kier alpha value is -1.32. The Morgan fingerprint density at radius 1 is 1.53 bits per heavy atom. The zero-order chi connectivity index (χ0) is 11.3. The number of carbonyl (C=O) groups excluding carboxylic acids is 1. The fraction of sp³-hybridized carbons (Fsp3) is 0.636. The van der Waals surface area contributed by atoms with Gasteiger partial charge in [-0.1, -0.05) is 13.3 Å². The summed E-state index contributed by atoms with van der Waals surface area (Å²) >= 11 is 0. The van der Waals surface area contributed by atoms with Crippen molar-refractivity contribution in [2.24, 2.45) is 0 Å². The zero-order valence-electron chi connectivity index (χ0n) is 9.62. The average Bonchev–Trinajstić information content (AvgIpc) is 2.60. The predicted molar refractivity (Wildman–Crippen MR) is 57.8 cm³/mol. The van der Waals surface area contributed by atoms with Crippen molar-refractivity contribution in [3.63, 3.8) is 0 Å². The number of aromatic nitrogens is 2. The first-order valence-corrected chi connectivity index (χ1v) is 5.40. The van der Waals surface area contributed by atoms with E-state index < -0.39 is 0 Å². The Bertz CT molecular complexity index is 331. The van der Waals surface area contributed by atoms with E-state index in [2.05, 4.69) is 12.0 Å². The molecule has 0 radical (unpaired) electrons. The van der Waals surface area contributed by atoms with Crippen LogP contribution in [0.3, 0.4) is 0 Å². The summed E-state index contributed by atoms with van der Waals surface area (Å²) in [6.45, 7) is 7.06. The molecule has 0 aliphatic rings. The minimum Gasteiger partial charge on any atom is -0.461 e. The van der Waals surface area contributed by atoms with Crippen LogP contribution >= 0.6 is 0 Å². The molecule has 0 unspecified atom stereocenters. The van der Waals surface area contributed by atoms with Gasteiger partial charge in [-0.25, -0.2) is 4.79 Å². The van der Waals surface area contributed by atoms with Gasteiger partial charge in [-0.3, -0.25) is 4.68 Å². The van der Waals surface area contributed by atoms with Gasteiger partial charge in [0, 0.05) is 6.54 Å². The highest BCUT2D eigenvalue weighted by atomic mass is 16.5. The summed E-state index contributed by atoms with van der Waals surface area (Å²) in [4.78, 5) is 11.6. The number of aryl methyl sites for hydroxylation is 2. The van der Waals surface area contributed by atoms with Crippen LogP contribution in [0.4, 0.5) is 0 Å². The lowest BCUT2D eigenvalue weighted by Gasteiger charge is -2.04. The molecule has 15 heavy (non-hydrogen) atoms. The van der Waals surface area contributed by atoms with E-state index in [0.717, 1.165) is 18.5 Å². The van der Waals surface area contributed by atoms with Gasteiger partial charge in [0.2, 0.25) is 0 Å². The molecule has 0 aliphatic carbocycles. The van der Waals surface area contributed by atoms with Crippen molar-refractivity contribution in [1.29, 1.82) is 0 Å². The second kappa shape index (κ2) is 5.53. The second-order valence-corrected chi connectivity index (χ2v) is 3.48. The van der Waals surface area contributed by atoms with Crippen molar-refractivity contribution in [3.8, 4) is 0 Å². The van der Waals surface area contributed by atoms with Crippen LogP contribution in [0.5, 0.6) is 0 Å². The molecule has 1 heterocycles. The lowest BCUT2D eigenvalue weighted by molar-refractivity contribution is 0.0485. The van der Waals surface area contributed by atoms with Gasteiger partial charge in [-0.05, 0) is 26.3 Å². The largest absolute Gasteiger partial charge is 0.461 e. The summed E-state index contributed by atoms with van der Waals surface area (Å²) < 4.78 is 6.79. The van der Waals surface area contributed by atoms with Gasteiger partial charge in [0.25, 0.3) is 0 Å². The smallest absolute Gasteiger partial charge is 0.356 e. The molecule has 0 N–H and O–H groups in total. The minimum absolute atomic E-state index is 0.272. The Morgan fingerprint density at radius 2 is 2.27 bits per heavy atom. The summed E-state index contributed by atoms with van der Waals surface area (Å²) in [6.07, 6.45) is 1.93. The monoisotopic (exact) mass is 210 g/mol. The first kappa shape index (κ1) is 11.8. The Balaban J connectivity index is 2.64. The van der Waals surface area contributed by atoms with Crippen molar-refractivity contribution >= 4 is 5.97 Å². The minimum atomic E-state index is -0.272. The number of carbonyl (C=O) groups is 1. The quantitative estimate of drug-likeness (QED) is 0.552. The van der Waals surface area contributed by atoms with E-state index in [0.29, 0.717) is 18.8 Å². The maximum atomic E-state index is 11.6.